The Morgan fingerprint density at radius 1 is 0.929 bits per heavy atom. The van der Waals surface area contributed by atoms with Crippen molar-refractivity contribution in [1.29, 1.82) is 0 Å². The van der Waals surface area contributed by atoms with E-state index in [1.165, 1.54) is 6.07 Å². The maximum Gasteiger partial charge on any atom is 0.216 e. The smallest absolute Gasteiger partial charge is 0.216 e. The van der Waals surface area contributed by atoms with Crippen LogP contribution in [-0.4, -0.2) is 4.98 Å². The summed E-state index contributed by atoms with van der Waals surface area (Å²) in [6.45, 7) is 0. The standard InChI is InChI=1S/C11H7F2N/c12-9-6-10(14-11(13)7-9)8-4-2-1-3-5-8/h1-7H. The molecule has 0 amide bonds. The van der Waals surface area contributed by atoms with E-state index in [2.05, 4.69) is 4.98 Å². The fourth-order valence-corrected chi connectivity index (χ4v) is 1.22. The second-order valence-corrected chi connectivity index (χ2v) is 2.86. The molecule has 1 nitrogen and oxygen atoms in total. The number of nitrogens with zero attached hydrogens (tertiary/aromatic N) is 1. The molecule has 1 aromatic heterocycles. The number of rotatable bonds is 1. The first-order valence-electron chi connectivity index (χ1n) is 4.14. The molecule has 14 heavy (non-hydrogen) atoms. The highest BCUT2D eigenvalue weighted by atomic mass is 19.1. The fraction of sp³-hybridized carbons (Fsp3) is 0. The van der Waals surface area contributed by atoms with Gasteiger partial charge in [0.05, 0.1) is 5.69 Å². The molecular formula is C11H7F2N. The quantitative estimate of drug-likeness (QED) is 0.631. The molecule has 0 fully saturated rings. The highest BCUT2D eigenvalue weighted by Gasteiger charge is 2.03. The van der Waals surface area contributed by atoms with E-state index in [0.717, 1.165) is 6.07 Å². The summed E-state index contributed by atoms with van der Waals surface area (Å²) in [4.78, 5) is 3.60. The lowest BCUT2D eigenvalue weighted by molar-refractivity contribution is 0.554. The van der Waals surface area contributed by atoms with Crippen LogP contribution in [-0.2, 0) is 0 Å². The average Bonchev–Trinajstić information content (AvgIpc) is 2.18. The monoisotopic (exact) mass is 191 g/mol. The second kappa shape index (κ2) is 3.54. The first-order valence-corrected chi connectivity index (χ1v) is 4.14. The minimum atomic E-state index is -0.802. The third kappa shape index (κ3) is 1.76. The van der Waals surface area contributed by atoms with Crippen molar-refractivity contribution in [2.75, 3.05) is 0 Å². The zero-order chi connectivity index (χ0) is 9.97. The Hall–Kier alpha value is -1.77. The van der Waals surface area contributed by atoms with Crippen LogP contribution in [0.4, 0.5) is 8.78 Å². The van der Waals surface area contributed by atoms with Gasteiger partial charge in [0.2, 0.25) is 5.95 Å². The van der Waals surface area contributed by atoms with Crippen LogP contribution in [0.25, 0.3) is 11.3 Å². The van der Waals surface area contributed by atoms with Crippen molar-refractivity contribution in [3.63, 3.8) is 0 Å². The van der Waals surface area contributed by atoms with Gasteiger partial charge in [-0.25, -0.2) is 9.37 Å². The van der Waals surface area contributed by atoms with Crippen LogP contribution in [0, 0.1) is 11.8 Å². The van der Waals surface area contributed by atoms with Crippen molar-refractivity contribution in [3.05, 3.63) is 54.2 Å². The molecule has 3 heteroatoms. The zero-order valence-corrected chi connectivity index (χ0v) is 7.24. The van der Waals surface area contributed by atoms with Crippen LogP contribution in [0.5, 0.6) is 0 Å². The molecule has 0 radical (unpaired) electrons. The molecule has 0 aliphatic carbocycles. The number of halogens is 2. The number of pyridine rings is 1. The molecule has 0 atom stereocenters. The van der Waals surface area contributed by atoms with Gasteiger partial charge in [0.15, 0.2) is 0 Å². The van der Waals surface area contributed by atoms with E-state index in [1.54, 1.807) is 24.3 Å². The maximum absolute atomic E-state index is 12.8. The van der Waals surface area contributed by atoms with Crippen LogP contribution < -0.4 is 0 Å². The number of benzene rings is 1. The Bertz CT molecular complexity index is 420. The van der Waals surface area contributed by atoms with Crippen LogP contribution >= 0.6 is 0 Å². The number of aromatic nitrogens is 1. The minimum absolute atomic E-state index is 0.308. The van der Waals surface area contributed by atoms with Crippen LogP contribution in [0.2, 0.25) is 0 Å². The van der Waals surface area contributed by atoms with Crippen LogP contribution in [0.1, 0.15) is 0 Å². The van der Waals surface area contributed by atoms with E-state index >= 15 is 0 Å². The lowest BCUT2D eigenvalue weighted by Gasteiger charge is -2.00. The summed E-state index contributed by atoms with van der Waals surface area (Å²) in [6.07, 6.45) is 0. The molecule has 0 bridgehead atoms. The van der Waals surface area contributed by atoms with E-state index in [1.807, 2.05) is 6.07 Å². The third-order valence-electron chi connectivity index (χ3n) is 1.83. The molecule has 2 rings (SSSR count). The molecule has 1 heterocycles. The summed E-state index contributed by atoms with van der Waals surface area (Å²) >= 11 is 0. The van der Waals surface area contributed by atoms with E-state index in [9.17, 15) is 8.78 Å². The predicted octanol–water partition coefficient (Wildman–Crippen LogP) is 3.03. The van der Waals surface area contributed by atoms with Gasteiger partial charge in [0.25, 0.3) is 0 Å². The van der Waals surface area contributed by atoms with Crippen LogP contribution in [0.3, 0.4) is 0 Å². The SMILES string of the molecule is Fc1cc(F)nc(-c2ccccc2)c1. The molecule has 0 aliphatic heterocycles. The Morgan fingerprint density at radius 3 is 2.29 bits per heavy atom. The fourth-order valence-electron chi connectivity index (χ4n) is 1.22. The van der Waals surface area contributed by atoms with Gasteiger partial charge >= 0.3 is 0 Å². The molecule has 0 aliphatic rings. The van der Waals surface area contributed by atoms with Gasteiger partial charge in [-0.3, -0.25) is 0 Å². The van der Waals surface area contributed by atoms with Gasteiger partial charge in [0.1, 0.15) is 5.82 Å². The molecule has 0 saturated heterocycles. The largest absolute Gasteiger partial charge is 0.220 e. The van der Waals surface area contributed by atoms with Crippen molar-refractivity contribution in [1.82, 2.24) is 4.98 Å². The van der Waals surface area contributed by atoms with Crippen LogP contribution in [0.15, 0.2) is 42.5 Å². The zero-order valence-electron chi connectivity index (χ0n) is 7.24. The Balaban J connectivity index is 2.52. The molecule has 1 aromatic carbocycles. The van der Waals surface area contributed by atoms with Crippen molar-refractivity contribution in [3.8, 4) is 11.3 Å². The second-order valence-electron chi connectivity index (χ2n) is 2.86. The van der Waals surface area contributed by atoms with Gasteiger partial charge in [-0.15, -0.1) is 0 Å². The van der Waals surface area contributed by atoms with Gasteiger partial charge in [-0.2, -0.15) is 4.39 Å². The first-order chi connectivity index (χ1) is 6.75. The lowest BCUT2D eigenvalue weighted by atomic mass is 10.1. The normalized spacial score (nSPS) is 10.1. The Labute approximate surface area is 80.0 Å². The summed E-state index contributed by atoms with van der Waals surface area (Å²) in [5.74, 6) is -1.42. The number of hydrogen-bond acceptors (Lipinski definition) is 1. The summed E-state index contributed by atoms with van der Waals surface area (Å²) in [5.41, 5.74) is 1.01. The summed E-state index contributed by atoms with van der Waals surface area (Å²) in [6, 6.07) is 10.9. The molecule has 0 N–H and O–H groups in total. The first kappa shape index (κ1) is 8.81. The predicted molar refractivity (Wildman–Crippen MR) is 49.6 cm³/mol. The maximum atomic E-state index is 12.8. The minimum Gasteiger partial charge on any atom is -0.220 e. The van der Waals surface area contributed by atoms with Crippen molar-refractivity contribution >= 4 is 0 Å². The van der Waals surface area contributed by atoms with Crippen molar-refractivity contribution in [2.45, 2.75) is 0 Å². The molecule has 2 aromatic rings. The Kier molecular flexibility index (Phi) is 2.23. The van der Waals surface area contributed by atoms with Crippen molar-refractivity contribution < 1.29 is 8.78 Å². The molecule has 0 spiro atoms. The topological polar surface area (TPSA) is 12.9 Å². The van der Waals surface area contributed by atoms with E-state index in [4.69, 9.17) is 0 Å². The molecular weight excluding hydrogens is 184 g/mol. The third-order valence-corrected chi connectivity index (χ3v) is 1.83. The summed E-state index contributed by atoms with van der Waals surface area (Å²) in [7, 11) is 0. The highest BCUT2D eigenvalue weighted by Crippen LogP contribution is 2.17. The summed E-state index contributed by atoms with van der Waals surface area (Å²) < 4.78 is 25.6. The molecule has 0 saturated carbocycles. The lowest BCUT2D eigenvalue weighted by Crippen LogP contribution is -1.89. The van der Waals surface area contributed by atoms with Gasteiger partial charge in [0, 0.05) is 17.7 Å². The highest BCUT2D eigenvalue weighted by molar-refractivity contribution is 5.58. The van der Waals surface area contributed by atoms with Gasteiger partial charge in [-0.05, 0) is 0 Å². The van der Waals surface area contributed by atoms with Crippen molar-refractivity contribution in [2.24, 2.45) is 0 Å². The van der Waals surface area contributed by atoms with E-state index < -0.39 is 11.8 Å². The van der Waals surface area contributed by atoms with Gasteiger partial charge < -0.3 is 0 Å². The Morgan fingerprint density at radius 2 is 1.64 bits per heavy atom. The van der Waals surface area contributed by atoms with E-state index in [-0.39, 0.29) is 0 Å². The number of hydrogen-bond donors (Lipinski definition) is 0. The molecule has 0 unspecified atom stereocenters. The molecule has 70 valence electrons. The summed E-state index contributed by atoms with van der Waals surface area (Å²) in [5, 5.41) is 0. The van der Waals surface area contributed by atoms with Gasteiger partial charge in [-0.1, -0.05) is 30.3 Å². The van der Waals surface area contributed by atoms with E-state index in [0.29, 0.717) is 11.3 Å². The average molecular weight is 191 g/mol.